The summed E-state index contributed by atoms with van der Waals surface area (Å²) in [6.07, 6.45) is 2.23. The summed E-state index contributed by atoms with van der Waals surface area (Å²) in [5.74, 6) is 2.74. The molecular formula is C22H26N2O5. The number of carbonyl (C=O) groups is 1. The number of ether oxygens (including phenoxy) is 3. The number of rotatable bonds is 7. The van der Waals surface area contributed by atoms with E-state index in [1.54, 1.807) is 7.11 Å². The molecule has 0 radical (unpaired) electrons. The molecule has 4 rings (SSSR count). The first kappa shape index (κ1) is 19.5. The zero-order valence-corrected chi connectivity index (χ0v) is 16.7. The van der Waals surface area contributed by atoms with Crippen LogP contribution in [-0.4, -0.2) is 60.7 Å². The summed E-state index contributed by atoms with van der Waals surface area (Å²) >= 11 is 0. The van der Waals surface area contributed by atoms with Crippen LogP contribution in [-0.2, 0) is 0 Å². The molecule has 7 nitrogen and oxygen atoms in total. The maximum Gasteiger partial charge on any atom is 0.257 e. The molecule has 0 spiro atoms. The second-order valence-electron chi connectivity index (χ2n) is 7.75. The van der Waals surface area contributed by atoms with Crippen LogP contribution in [0.5, 0.6) is 23.1 Å². The van der Waals surface area contributed by atoms with Crippen molar-refractivity contribution in [2.75, 3.05) is 33.9 Å². The zero-order valence-electron chi connectivity index (χ0n) is 16.7. The number of aromatic nitrogens is 1. The van der Waals surface area contributed by atoms with Gasteiger partial charge in [0.1, 0.15) is 17.2 Å². The largest absolute Gasteiger partial charge is 0.503 e. The number of fused-ring (bicyclic) bond motifs is 1. The summed E-state index contributed by atoms with van der Waals surface area (Å²) < 4.78 is 16.3. The summed E-state index contributed by atoms with van der Waals surface area (Å²) in [6.45, 7) is 2.13. The molecule has 3 atom stereocenters. The first-order chi connectivity index (χ1) is 14.1. The molecule has 0 bridgehead atoms. The smallest absolute Gasteiger partial charge is 0.257 e. The van der Waals surface area contributed by atoms with Gasteiger partial charge in [0.25, 0.3) is 5.88 Å². The maximum atomic E-state index is 12.6. The van der Waals surface area contributed by atoms with Crippen LogP contribution in [0.4, 0.5) is 0 Å². The Hall–Kier alpha value is -2.80. The fourth-order valence-corrected chi connectivity index (χ4v) is 4.44. The highest BCUT2D eigenvalue weighted by Gasteiger charge is 2.42. The SMILES string of the molecule is COc1ccc(OC2C[C@@H]3CN(CC(=O)c4ccc(O)c(OC)n4)C[C@@H]3C2)cc1. The number of nitrogens with zero attached hydrogens (tertiary/aromatic N) is 2. The minimum atomic E-state index is -0.0670. The number of hydrogen-bond acceptors (Lipinski definition) is 7. The van der Waals surface area contributed by atoms with E-state index in [9.17, 15) is 9.90 Å². The Bertz CT molecular complexity index is 856. The van der Waals surface area contributed by atoms with E-state index in [4.69, 9.17) is 14.2 Å². The second kappa shape index (κ2) is 8.29. The Labute approximate surface area is 170 Å². The lowest BCUT2D eigenvalue weighted by atomic mass is 10.0. The highest BCUT2D eigenvalue weighted by Crippen LogP contribution is 2.40. The monoisotopic (exact) mass is 398 g/mol. The summed E-state index contributed by atoms with van der Waals surface area (Å²) in [6, 6.07) is 10.7. The minimum absolute atomic E-state index is 0.0608. The van der Waals surface area contributed by atoms with Gasteiger partial charge in [-0.3, -0.25) is 9.69 Å². The van der Waals surface area contributed by atoms with Gasteiger partial charge in [-0.1, -0.05) is 0 Å². The maximum absolute atomic E-state index is 12.6. The molecule has 2 aromatic rings. The van der Waals surface area contributed by atoms with Gasteiger partial charge in [-0.15, -0.1) is 0 Å². The average Bonchev–Trinajstić information content (AvgIpc) is 3.26. The number of benzene rings is 1. The Balaban J connectivity index is 1.29. The number of ketones is 1. The third-order valence-corrected chi connectivity index (χ3v) is 5.83. The molecule has 1 aromatic heterocycles. The second-order valence-corrected chi connectivity index (χ2v) is 7.75. The molecule has 1 saturated carbocycles. The predicted molar refractivity (Wildman–Crippen MR) is 107 cm³/mol. The molecule has 1 saturated heterocycles. The number of carbonyl (C=O) groups excluding carboxylic acids is 1. The molecule has 0 amide bonds. The van der Waals surface area contributed by atoms with Gasteiger partial charge < -0.3 is 19.3 Å². The summed E-state index contributed by atoms with van der Waals surface area (Å²) in [5.41, 5.74) is 0.317. The van der Waals surface area contributed by atoms with Crippen LogP contribution < -0.4 is 14.2 Å². The van der Waals surface area contributed by atoms with Crippen LogP contribution in [0.3, 0.4) is 0 Å². The van der Waals surface area contributed by atoms with Gasteiger partial charge in [0.05, 0.1) is 26.9 Å². The molecule has 2 aliphatic rings. The number of hydrogen-bond donors (Lipinski definition) is 1. The first-order valence-electron chi connectivity index (χ1n) is 9.86. The van der Waals surface area contributed by atoms with E-state index in [1.165, 1.54) is 19.2 Å². The van der Waals surface area contributed by atoms with Crippen molar-refractivity contribution in [3.63, 3.8) is 0 Å². The molecule has 2 fully saturated rings. The van der Waals surface area contributed by atoms with Crippen molar-refractivity contribution in [3.8, 4) is 23.1 Å². The number of Topliss-reactive ketones (excluding diaryl/α,β-unsaturated/α-hetero) is 1. The summed E-state index contributed by atoms with van der Waals surface area (Å²) in [7, 11) is 3.07. The predicted octanol–water partition coefficient (Wildman–Crippen LogP) is 2.78. The molecule has 1 aliphatic heterocycles. The van der Waals surface area contributed by atoms with Gasteiger partial charge in [-0.25, -0.2) is 4.98 Å². The molecule has 2 heterocycles. The van der Waals surface area contributed by atoms with E-state index in [0.29, 0.717) is 24.1 Å². The fraction of sp³-hybridized carbons (Fsp3) is 0.455. The Morgan fingerprint density at radius 1 is 1.03 bits per heavy atom. The third-order valence-electron chi connectivity index (χ3n) is 5.83. The topological polar surface area (TPSA) is 81.1 Å². The quantitative estimate of drug-likeness (QED) is 0.718. The summed E-state index contributed by atoms with van der Waals surface area (Å²) in [4.78, 5) is 18.9. The molecular weight excluding hydrogens is 372 g/mol. The van der Waals surface area contributed by atoms with Crippen LogP contribution in [0.25, 0.3) is 0 Å². The van der Waals surface area contributed by atoms with Gasteiger partial charge in [0.2, 0.25) is 0 Å². The molecule has 29 heavy (non-hydrogen) atoms. The van der Waals surface area contributed by atoms with Crippen LogP contribution in [0.2, 0.25) is 0 Å². The van der Waals surface area contributed by atoms with Crippen molar-refractivity contribution in [2.24, 2.45) is 11.8 Å². The highest BCUT2D eigenvalue weighted by molar-refractivity contribution is 5.96. The molecule has 7 heteroatoms. The van der Waals surface area contributed by atoms with Crippen molar-refractivity contribution in [1.82, 2.24) is 9.88 Å². The first-order valence-corrected chi connectivity index (χ1v) is 9.86. The van der Waals surface area contributed by atoms with E-state index in [2.05, 4.69) is 9.88 Å². The van der Waals surface area contributed by atoms with E-state index in [0.717, 1.165) is 37.4 Å². The Morgan fingerprint density at radius 3 is 2.31 bits per heavy atom. The molecule has 154 valence electrons. The van der Waals surface area contributed by atoms with Gasteiger partial charge >= 0.3 is 0 Å². The molecule has 1 unspecified atom stereocenters. The average molecular weight is 398 g/mol. The third kappa shape index (κ3) is 4.29. The van der Waals surface area contributed by atoms with Crippen LogP contribution in [0.15, 0.2) is 36.4 Å². The summed E-state index contributed by atoms with van der Waals surface area (Å²) in [5, 5.41) is 9.64. The number of aromatic hydroxyl groups is 1. The van der Waals surface area contributed by atoms with Crippen LogP contribution in [0, 0.1) is 11.8 Å². The normalized spacial score (nSPS) is 23.6. The van der Waals surface area contributed by atoms with Gasteiger partial charge in [0, 0.05) is 13.1 Å². The molecule has 1 aliphatic carbocycles. The fourth-order valence-electron chi connectivity index (χ4n) is 4.44. The number of likely N-dealkylation sites (tertiary alicyclic amines) is 1. The van der Waals surface area contributed by atoms with Crippen molar-refractivity contribution in [3.05, 3.63) is 42.1 Å². The molecule has 1 aromatic carbocycles. The van der Waals surface area contributed by atoms with Crippen molar-refractivity contribution in [2.45, 2.75) is 18.9 Å². The van der Waals surface area contributed by atoms with Crippen LogP contribution in [0.1, 0.15) is 23.3 Å². The lowest BCUT2D eigenvalue weighted by Gasteiger charge is -2.19. The standard InChI is InChI=1S/C22H26N2O5/c1-27-16-3-5-17(6-4-16)29-18-9-14-11-24(12-15(14)10-18)13-21(26)19-7-8-20(25)22(23-19)28-2/h3-8,14-15,18,25H,9-13H2,1-2H3/t14-,15+,18?. The lowest BCUT2D eigenvalue weighted by Crippen LogP contribution is -2.30. The lowest BCUT2D eigenvalue weighted by molar-refractivity contribution is 0.0931. The van der Waals surface area contributed by atoms with Crippen molar-refractivity contribution < 1.29 is 24.1 Å². The van der Waals surface area contributed by atoms with Gasteiger partial charge in [0.15, 0.2) is 11.5 Å². The van der Waals surface area contributed by atoms with E-state index >= 15 is 0 Å². The van der Waals surface area contributed by atoms with E-state index in [-0.39, 0.29) is 23.5 Å². The number of methoxy groups -OCH3 is 2. The van der Waals surface area contributed by atoms with Gasteiger partial charge in [-0.2, -0.15) is 0 Å². The highest BCUT2D eigenvalue weighted by atomic mass is 16.5. The number of pyridine rings is 1. The zero-order chi connectivity index (χ0) is 20.4. The van der Waals surface area contributed by atoms with Crippen molar-refractivity contribution in [1.29, 1.82) is 0 Å². The van der Waals surface area contributed by atoms with Crippen LogP contribution >= 0.6 is 0 Å². The van der Waals surface area contributed by atoms with E-state index < -0.39 is 0 Å². The van der Waals surface area contributed by atoms with Crippen molar-refractivity contribution >= 4 is 5.78 Å². The van der Waals surface area contributed by atoms with Gasteiger partial charge in [-0.05, 0) is 61.1 Å². The van der Waals surface area contributed by atoms with E-state index in [1.807, 2.05) is 24.3 Å². The molecule has 1 N–H and O–H groups in total. The Kier molecular flexibility index (Phi) is 5.58. The Morgan fingerprint density at radius 2 is 1.69 bits per heavy atom. The minimum Gasteiger partial charge on any atom is -0.503 e.